The number of rotatable bonds is 12. The van der Waals surface area contributed by atoms with Gasteiger partial charge in [-0.15, -0.1) is 0 Å². The average Bonchev–Trinajstić information content (AvgIpc) is 3.00. The van der Waals surface area contributed by atoms with Crippen molar-refractivity contribution < 1.29 is 27.1 Å². The molecule has 5 aromatic rings. The number of carbonyl (C=O) groups excluding carboxylic acids is 1. The van der Waals surface area contributed by atoms with E-state index in [0.29, 0.717) is 39.5 Å². The average molecular weight is 617 g/mol. The number of carbonyl (C=O) groups is 1. The molecule has 0 bridgehead atoms. The largest absolute Gasteiger partial charge is 0.497 e. The monoisotopic (exact) mass is 616 g/mol. The smallest absolute Gasteiger partial charge is 0.263 e. The third-order valence-electron chi connectivity index (χ3n) is 6.52. The first-order valence-corrected chi connectivity index (χ1v) is 14.8. The number of nitrogens with two attached hydrogens (primary N) is 1. The van der Waals surface area contributed by atoms with Gasteiger partial charge in [0.15, 0.2) is 11.6 Å². The molecule has 1 heterocycles. The summed E-state index contributed by atoms with van der Waals surface area (Å²) in [5, 5.41) is 3.12. The molecule has 1 aromatic heterocycles. The zero-order chi connectivity index (χ0) is 31.3. The van der Waals surface area contributed by atoms with E-state index in [4.69, 9.17) is 15.2 Å². The van der Waals surface area contributed by atoms with Crippen LogP contribution in [0.25, 0.3) is 11.0 Å². The van der Waals surface area contributed by atoms with Crippen molar-refractivity contribution in [3.05, 3.63) is 102 Å². The summed E-state index contributed by atoms with van der Waals surface area (Å²) in [6.45, 7) is -0.104. The first kappa shape index (κ1) is 30.0. The predicted octanol–water partition coefficient (Wildman–Crippen LogP) is 4.82. The molecule has 1 amide bonds. The van der Waals surface area contributed by atoms with Crippen molar-refractivity contribution in [2.75, 3.05) is 35.7 Å². The number of nitrogens with zero attached hydrogens (tertiary/aromatic N) is 3. The second-order valence-electron chi connectivity index (χ2n) is 9.69. The number of halogens is 1. The molecule has 0 unspecified atom stereocenters. The molecule has 4 N–H and O–H groups in total. The Morgan fingerprint density at radius 3 is 2.16 bits per heavy atom. The van der Waals surface area contributed by atoms with Gasteiger partial charge in [0.05, 0.1) is 36.7 Å². The van der Waals surface area contributed by atoms with Crippen LogP contribution in [0.1, 0.15) is 5.56 Å². The van der Waals surface area contributed by atoms with Gasteiger partial charge in [0, 0.05) is 36.1 Å². The maximum atomic E-state index is 13.8. The van der Waals surface area contributed by atoms with Gasteiger partial charge in [0.2, 0.25) is 5.91 Å². The van der Waals surface area contributed by atoms with Gasteiger partial charge >= 0.3 is 0 Å². The molecular formula is C31H29FN6O5S. The number of para-hydroxylation sites is 2. The van der Waals surface area contributed by atoms with Gasteiger partial charge < -0.3 is 25.4 Å². The van der Waals surface area contributed by atoms with E-state index in [2.05, 4.69) is 20.0 Å². The summed E-state index contributed by atoms with van der Waals surface area (Å²) in [6.07, 6.45) is 0. The van der Waals surface area contributed by atoms with Crippen molar-refractivity contribution in [3.63, 3.8) is 0 Å². The van der Waals surface area contributed by atoms with Crippen LogP contribution >= 0.6 is 0 Å². The Labute approximate surface area is 253 Å². The number of sulfonamides is 1. The SMILES string of the molecule is COc1cc(Nc2nc3ccccc3nc2NS(=O)(=O)c2cccc(N(CC(N)=O)Cc3cccc(F)c3)c2)cc(OC)c1. The predicted molar refractivity (Wildman–Crippen MR) is 166 cm³/mol. The first-order chi connectivity index (χ1) is 21.1. The summed E-state index contributed by atoms with van der Waals surface area (Å²) in [5.74, 6) is 0.0425. The second kappa shape index (κ2) is 12.8. The molecule has 13 heteroatoms. The fourth-order valence-electron chi connectivity index (χ4n) is 4.49. The first-order valence-electron chi connectivity index (χ1n) is 13.3. The standard InChI is InChI=1S/C31H29FN6O5S/c1-42-24-14-22(15-25(17-24)43-2)34-30-31(36-28-12-4-3-11-27(28)35-30)37-44(40,41)26-10-6-9-23(16-26)38(19-29(33)39)18-20-7-5-8-21(32)13-20/h3-17H,18-19H2,1-2H3,(H2,33,39)(H,34,35)(H,36,37). The molecule has 44 heavy (non-hydrogen) atoms. The van der Waals surface area contributed by atoms with E-state index < -0.39 is 21.7 Å². The van der Waals surface area contributed by atoms with Crippen molar-refractivity contribution in [1.82, 2.24) is 9.97 Å². The lowest BCUT2D eigenvalue weighted by Crippen LogP contribution is -2.33. The maximum Gasteiger partial charge on any atom is 0.263 e. The molecule has 4 aromatic carbocycles. The number of hydrogen-bond acceptors (Lipinski definition) is 9. The summed E-state index contributed by atoms with van der Waals surface area (Å²) in [6, 6.07) is 24.0. The normalized spacial score (nSPS) is 11.2. The molecule has 0 aliphatic heterocycles. The molecule has 0 fully saturated rings. The fourth-order valence-corrected chi connectivity index (χ4v) is 5.54. The van der Waals surface area contributed by atoms with E-state index >= 15 is 0 Å². The van der Waals surface area contributed by atoms with Crippen LogP contribution in [0.15, 0.2) is 95.9 Å². The van der Waals surface area contributed by atoms with Crippen LogP contribution in [0.4, 0.5) is 27.4 Å². The lowest BCUT2D eigenvalue weighted by atomic mass is 10.2. The summed E-state index contributed by atoms with van der Waals surface area (Å²) < 4.78 is 54.6. The van der Waals surface area contributed by atoms with Gasteiger partial charge in [0.1, 0.15) is 17.3 Å². The van der Waals surface area contributed by atoms with E-state index in [1.54, 1.807) is 65.6 Å². The Hall–Kier alpha value is -5.43. The zero-order valence-corrected chi connectivity index (χ0v) is 24.6. The van der Waals surface area contributed by atoms with Crippen LogP contribution < -0.4 is 30.1 Å². The van der Waals surface area contributed by atoms with Gasteiger partial charge in [-0.1, -0.05) is 30.3 Å². The Morgan fingerprint density at radius 1 is 0.864 bits per heavy atom. The molecular weight excluding hydrogens is 587 g/mol. The van der Waals surface area contributed by atoms with Crippen molar-refractivity contribution in [2.45, 2.75) is 11.4 Å². The highest BCUT2D eigenvalue weighted by molar-refractivity contribution is 7.92. The molecule has 11 nitrogen and oxygen atoms in total. The van der Waals surface area contributed by atoms with Crippen LogP contribution in [0.3, 0.4) is 0 Å². The number of hydrogen-bond donors (Lipinski definition) is 3. The third-order valence-corrected chi connectivity index (χ3v) is 7.85. The van der Waals surface area contributed by atoms with Crippen LogP contribution in [0.5, 0.6) is 11.5 Å². The summed E-state index contributed by atoms with van der Waals surface area (Å²) in [5.41, 5.74) is 7.97. The fraction of sp³-hybridized carbons (Fsp3) is 0.129. The van der Waals surface area contributed by atoms with Crippen LogP contribution in [0, 0.1) is 5.82 Å². The summed E-state index contributed by atoms with van der Waals surface area (Å²) in [7, 11) is -1.19. The minimum Gasteiger partial charge on any atom is -0.497 e. The van der Waals surface area contributed by atoms with Crippen molar-refractivity contribution in [2.24, 2.45) is 5.73 Å². The molecule has 226 valence electrons. The number of aromatic nitrogens is 2. The zero-order valence-electron chi connectivity index (χ0n) is 23.8. The number of fused-ring (bicyclic) bond motifs is 1. The summed E-state index contributed by atoms with van der Waals surface area (Å²) >= 11 is 0. The highest BCUT2D eigenvalue weighted by Gasteiger charge is 2.21. The second-order valence-corrected chi connectivity index (χ2v) is 11.4. The third kappa shape index (κ3) is 7.13. The van der Waals surface area contributed by atoms with Gasteiger partial charge in [-0.3, -0.25) is 9.52 Å². The van der Waals surface area contributed by atoms with Crippen LogP contribution in [0.2, 0.25) is 0 Å². The number of benzene rings is 4. The number of primary amides is 1. The Kier molecular flexibility index (Phi) is 8.76. The minimum absolute atomic E-state index is 0.0513. The van der Waals surface area contributed by atoms with E-state index in [-0.39, 0.29) is 29.6 Å². The number of ether oxygens (including phenoxy) is 2. The van der Waals surface area contributed by atoms with Crippen molar-refractivity contribution in [3.8, 4) is 11.5 Å². The van der Waals surface area contributed by atoms with Crippen LogP contribution in [-0.4, -0.2) is 45.1 Å². The molecule has 0 spiro atoms. The number of anilines is 4. The van der Waals surface area contributed by atoms with E-state index in [1.807, 2.05) is 0 Å². The van der Waals surface area contributed by atoms with E-state index in [1.165, 1.54) is 44.6 Å². The Morgan fingerprint density at radius 2 is 1.52 bits per heavy atom. The number of nitrogens with one attached hydrogen (secondary N) is 2. The molecule has 0 saturated carbocycles. The number of amides is 1. The molecule has 5 rings (SSSR count). The van der Waals surface area contributed by atoms with Crippen molar-refractivity contribution in [1.29, 1.82) is 0 Å². The molecule has 0 atom stereocenters. The quantitative estimate of drug-likeness (QED) is 0.179. The highest BCUT2D eigenvalue weighted by atomic mass is 32.2. The van der Waals surface area contributed by atoms with Crippen molar-refractivity contribution >= 4 is 50.0 Å². The molecule has 0 saturated heterocycles. The number of methoxy groups -OCH3 is 2. The topological polar surface area (TPSA) is 149 Å². The summed E-state index contributed by atoms with van der Waals surface area (Å²) in [4.78, 5) is 22.5. The molecule has 0 aliphatic rings. The minimum atomic E-state index is -4.23. The Bertz CT molecular complexity index is 1920. The maximum absolute atomic E-state index is 13.8. The lowest BCUT2D eigenvalue weighted by molar-refractivity contribution is -0.116. The molecule has 0 aliphatic carbocycles. The molecule has 0 radical (unpaired) electrons. The highest BCUT2D eigenvalue weighted by Crippen LogP contribution is 2.32. The van der Waals surface area contributed by atoms with E-state index in [9.17, 15) is 17.6 Å². The Balaban J connectivity index is 1.50. The van der Waals surface area contributed by atoms with Crippen LogP contribution in [-0.2, 0) is 21.4 Å². The van der Waals surface area contributed by atoms with Gasteiger partial charge in [0.25, 0.3) is 10.0 Å². The van der Waals surface area contributed by atoms with Gasteiger partial charge in [-0.25, -0.2) is 22.8 Å². The van der Waals surface area contributed by atoms with Gasteiger partial charge in [-0.2, -0.15) is 0 Å². The van der Waals surface area contributed by atoms with Gasteiger partial charge in [-0.05, 0) is 48.0 Å². The lowest BCUT2D eigenvalue weighted by Gasteiger charge is -2.24. The van der Waals surface area contributed by atoms with E-state index in [0.717, 1.165) is 0 Å².